The van der Waals surface area contributed by atoms with Crippen molar-refractivity contribution in [1.82, 2.24) is 9.80 Å². The normalized spacial score (nSPS) is 19.4. The van der Waals surface area contributed by atoms with Crippen molar-refractivity contribution in [3.05, 3.63) is 53.8 Å². The maximum Gasteiger partial charge on any atom is 0.260 e. The summed E-state index contributed by atoms with van der Waals surface area (Å²) < 4.78 is 29.3. The molecule has 162 valence electrons. The molecule has 6 nitrogen and oxygen atoms in total. The number of hydrogen-bond acceptors (Lipinski definition) is 5. The molecular weight excluding hydrogens is 387 g/mol. The summed E-state index contributed by atoms with van der Waals surface area (Å²) in [6.45, 7) is 6.18. The van der Waals surface area contributed by atoms with Gasteiger partial charge in [-0.15, -0.1) is 0 Å². The number of ether oxygens (including phenoxy) is 3. The number of rotatable bonds is 7. The highest BCUT2D eigenvalue weighted by Crippen LogP contribution is 2.27. The molecule has 0 N–H and O–H groups in total. The van der Waals surface area contributed by atoms with Crippen LogP contribution in [0.15, 0.2) is 42.5 Å². The molecule has 2 atom stereocenters. The van der Waals surface area contributed by atoms with Gasteiger partial charge in [0, 0.05) is 49.9 Å². The third-order valence-electron chi connectivity index (χ3n) is 5.42. The third-order valence-corrected chi connectivity index (χ3v) is 5.42. The molecule has 7 heteroatoms. The van der Waals surface area contributed by atoms with Crippen LogP contribution in [-0.2, 0) is 11.3 Å². The van der Waals surface area contributed by atoms with Crippen molar-refractivity contribution in [2.75, 3.05) is 33.9 Å². The molecule has 1 saturated heterocycles. The van der Waals surface area contributed by atoms with E-state index in [0.29, 0.717) is 23.8 Å². The number of carbonyl (C=O) groups excluding carboxylic acids is 1. The van der Waals surface area contributed by atoms with Crippen LogP contribution in [0.5, 0.6) is 17.2 Å². The van der Waals surface area contributed by atoms with E-state index in [1.807, 2.05) is 11.8 Å². The van der Waals surface area contributed by atoms with Gasteiger partial charge in [0.25, 0.3) is 5.91 Å². The van der Waals surface area contributed by atoms with Gasteiger partial charge in [-0.05, 0) is 31.5 Å². The van der Waals surface area contributed by atoms with E-state index in [1.54, 1.807) is 44.6 Å². The summed E-state index contributed by atoms with van der Waals surface area (Å²) in [6, 6.07) is 12.0. The zero-order valence-corrected chi connectivity index (χ0v) is 17.9. The van der Waals surface area contributed by atoms with Gasteiger partial charge in [0.15, 0.2) is 6.61 Å². The average molecular weight is 416 g/mol. The first-order chi connectivity index (χ1) is 14.4. The topological polar surface area (TPSA) is 51.2 Å². The maximum absolute atomic E-state index is 13.1. The van der Waals surface area contributed by atoms with Gasteiger partial charge in [0.2, 0.25) is 0 Å². The number of nitrogens with zero attached hydrogens (tertiary/aromatic N) is 2. The van der Waals surface area contributed by atoms with Gasteiger partial charge in [-0.25, -0.2) is 4.39 Å². The highest BCUT2D eigenvalue weighted by molar-refractivity contribution is 5.78. The molecule has 2 aromatic rings. The molecule has 0 saturated carbocycles. The Hall–Kier alpha value is -2.80. The molecule has 30 heavy (non-hydrogen) atoms. The number of piperazine rings is 1. The van der Waals surface area contributed by atoms with E-state index in [9.17, 15) is 9.18 Å². The number of amides is 1. The van der Waals surface area contributed by atoms with Crippen molar-refractivity contribution >= 4 is 5.91 Å². The Morgan fingerprint density at radius 3 is 2.17 bits per heavy atom. The predicted molar refractivity (Wildman–Crippen MR) is 112 cm³/mol. The van der Waals surface area contributed by atoms with E-state index in [-0.39, 0.29) is 30.4 Å². The fourth-order valence-corrected chi connectivity index (χ4v) is 3.68. The van der Waals surface area contributed by atoms with Crippen LogP contribution in [0.1, 0.15) is 19.4 Å². The lowest BCUT2D eigenvalue weighted by atomic mass is 10.1. The first-order valence-corrected chi connectivity index (χ1v) is 10.0. The van der Waals surface area contributed by atoms with E-state index in [0.717, 1.165) is 18.7 Å². The van der Waals surface area contributed by atoms with E-state index in [2.05, 4.69) is 11.8 Å². The van der Waals surface area contributed by atoms with Gasteiger partial charge in [0.1, 0.15) is 23.1 Å². The van der Waals surface area contributed by atoms with Crippen LogP contribution in [-0.4, -0.2) is 61.7 Å². The van der Waals surface area contributed by atoms with Crippen molar-refractivity contribution in [2.24, 2.45) is 0 Å². The molecule has 0 aliphatic carbocycles. The first kappa shape index (κ1) is 21.9. The van der Waals surface area contributed by atoms with E-state index in [1.165, 1.54) is 12.1 Å². The molecule has 0 aromatic heterocycles. The Morgan fingerprint density at radius 2 is 1.57 bits per heavy atom. The summed E-state index contributed by atoms with van der Waals surface area (Å²) in [5.74, 6) is 1.44. The van der Waals surface area contributed by atoms with Crippen LogP contribution in [0.3, 0.4) is 0 Å². The third kappa shape index (κ3) is 5.42. The van der Waals surface area contributed by atoms with Gasteiger partial charge in [0.05, 0.1) is 14.2 Å². The summed E-state index contributed by atoms with van der Waals surface area (Å²) in [7, 11) is 3.14. The second-order valence-electron chi connectivity index (χ2n) is 7.64. The predicted octanol–water partition coefficient (Wildman–Crippen LogP) is 3.34. The van der Waals surface area contributed by atoms with Crippen LogP contribution < -0.4 is 14.2 Å². The fourth-order valence-electron chi connectivity index (χ4n) is 3.68. The van der Waals surface area contributed by atoms with E-state index < -0.39 is 0 Å². The lowest BCUT2D eigenvalue weighted by molar-refractivity contribution is -0.139. The molecule has 0 spiro atoms. The molecule has 0 unspecified atom stereocenters. The minimum absolute atomic E-state index is 0.0503. The van der Waals surface area contributed by atoms with Crippen LogP contribution in [0.25, 0.3) is 0 Å². The van der Waals surface area contributed by atoms with E-state index >= 15 is 0 Å². The minimum atomic E-state index is -0.232. The minimum Gasteiger partial charge on any atom is -0.496 e. The standard InChI is InChI=1S/C23H29FN2O4/c1-16-13-26(17(2)12-25(16)14-18-5-7-19(24)8-6-18)23(27)15-30-22-10-20(28-3)9-21(11-22)29-4/h5-11,16-17H,12-15H2,1-4H3/t16-,17+/m0/s1. The fraction of sp³-hybridized carbons (Fsp3) is 0.435. The van der Waals surface area contributed by atoms with Crippen molar-refractivity contribution < 1.29 is 23.4 Å². The number of methoxy groups -OCH3 is 2. The van der Waals surface area contributed by atoms with Crippen molar-refractivity contribution in [3.63, 3.8) is 0 Å². The molecule has 3 rings (SSSR count). The molecule has 1 fully saturated rings. The molecule has 1 heterocycles. The van der Waals surface area contributed by atoms with Crippen LogP contribution >= 0.6 is 0 Å². The molecule has 1 amide bonds. The quantitative estimate of drug-likeness (QED) is 0.693. The first-order valence-electron chi connectivity index (χ1n) is 10.0. The lowest BCUT2D eigenvalue weighted by Crippen LogP contribution is -2.58. The highest BCUT2D eigenvalue weighted by atomic mass is 19.1. The second-order valence-corrected chi connectivity index (χ2v) is 7.64. The van der Waals surface area contributed by atoms with Crippen molar-refractivity contribution in [1.29, 1.82) is 0 Å². The summed E-state index contributed by atoms with van der Waals surface area (Å²) in [5, 5.41) is 0. The number of halogens is 1. The number of hydrogen-bond donors (Lipinski definition) is 0. The van der Waals surface area contributed by atoms with Gasteiger partial charge in [-0.2, -0.15) is 0 Å². The summed E-state index contributed by atoms with van der Waals surface area (Å²) in [6.07, 6.45) is 0. The Kier molecular flexibility index (Phi) is 7.15. The van der Waals surface area contributed by atoms with Crippen molar-refractivity contribution in [2.45, 2.75) is 32.5 Å². The van der Waals surface area contributed by atoms with Crippen LogP contribution in [0.2, 0.25) is 0 Å². The Balaban J connectivity index is 1.57. The molecule has 2 aromatic carbocycles. The number of benzene rings is 2. The van der Waals surface area contributed by atoms with Crippen LogP contribution in [0.4, 0.5) is 4.39 Å². The second kappa shape index (κ2) is 9.80. The van der Waals surface area contributed by atoms with Gasteiger partial charge >= 0.3 is 0 Å². The molecule has 0 radical (unpaired) electrons. The van der Waals surface area contributed by atoms with Crippen molar-refractivity contribution in [3.8, 4) is 17.2 Å². The smallest absolute Gasteiger partial charge is 0.260 e. The van der Waals surface area contributed by atoms with Gasteiger partial charge in [-0.1, -0.05) is 12.1 Å². The van der Waals surface area contributed by atoms with Gasteiger partial charge < -0.3 is 19.1 Å². The Labute approximate surface area is 177 Å². The molecule has 1 aliphatic heterocycles. The molecule has 1 aliphatic rings. The number of carbonyl (C=O) groups is 1. The zero-order chi connectivity index (χ0) is 21.7. The lowest BCUT2D eigenvalue weighted by Gasteiger charge is -2.44. The average Bonchev–Trinajstić information content (AvgIpc) is 2.75. The molecular formula is C23H29FN2O4. The van der Waals surface area contributed by atoms with Crippen LogP contribution in [0, 0.1) is 5.82 Å². The maximum atomic E-state index is 13.1. The Morgan fingerprint density at radius 1 is 0.967 bits per heavy atom. The summed E-state index contributed by atoms with van der Waals surface area (Å²) in [4.78, 5) is 17.0. The Bertz CT molecular complexity index is 837. The summed E-state index contributed by atoms with van der Waals surface area (Å²) in [5.41, 5.74) is 1.06. The zero-order valence-electron chi connectivity index (χ0n) is 17.9. The van der Waals surface area contributed by atoms with E-state index in [4.69, 9.17) is 14.2 Å². The highest BCUT2D eigenvalue weighted by Gasteiger charge is 2.32. The summed E-state index contributed by atoms with van der Waals surface area (Å²) >= 11 is 0. The largest absolute Gasteiger partial charge is 0.496 e. The monoisotopic (exact) mass is 416 g/mol. The molecule has 0 bridgehead atoms. The van der Waals surface area contributed by atoms with Gasteiger partial charge in [-0.3, -0.25) is 9.69 Å². The SMILES string of the molecule is COc1cc(OC)cc(OCC(=O)N2C[C@H](C)N(Cc3ccc(F)cc3)C[C@H]2C)c1.